The number of hydrogen-bond donors (Lipinski definition) is 2. The predicted molar refractivity (Wildman–Crippen MR) is 129 cm³/mol. The van der Waals surface area contributed by atoms with Crippen LogP contribution in [0, 0.1) is 0 Å². The first kappa shape index (κ1) is 23.1. The molecule has 1 aromatic heterocycles. The zero-order chi connectivity index (χ0) is 23.2. The summed E-state index contributed by atoms with van der Waals surface area (Å²) in [5.74, 6) is 1.66. The number of hydrogen-bond acceptors (Lipinski definition) is 6. The van der Waals surface area contributed by atoms with E-state index in [1.165, 1.54) is 15.3 Å². The van der Waals surface area contributed by atoms with E-state index in [2.05, 4.69) is 29.6 Å². The number of aryl methyl sites for hydroxylation is 1. The minimum Gasteiger partial charge on any atom is -0.493 e. The van der Waals surface area contributed by atoms with Crippen LogP contribution in [0.3, 0.4) is 0 Å². The summed E-state index contributed by atoms with van der Waals surface area (Å²) in [6, 6.07) is 14.3. The van der Waals surface area contributed by atoms with Crippen LogP contribution in [0.25, 0.3) is 0 Å². The number of benzene rings is 2. The molecule has 7 nitrogen and oxygen atoms in total. The number of aromatic nitrogens is 1. The van der Waals surface area contributed by atoms with Crippen molar-refractivity contribution in [2.45, 2.75) is 32.4 Å². The van der Waals surface area contributed by atoms with Crippen molar-refractivity contribution in [2.24, 2.45) is 0 Å². The lowest BCUT2D eigenvalue weighted by Gasteiger charge is -2.22. The van der Waals surface area contributed by atoms with Crippen molar-refractivity contribution in [3.05, 3.63) is 64.2 Å². The smallest absolute Gasteiger partial charge is 0.226 e. The van der Waals surface area contributed by atoms with E-state index in [1.807, 2.05) is 18.2 Å². The van der Waals surface area contributed by atoms with Crippen LogP contribution in [0.5, 0.6) is 17.2 Å². The van der Waals surface area contributed by atoms with Crippen LogP contribution in [0.2, 0.25) is 0 Å². The average Bonchev–Trinajstić information content (AvgIpc) is 3.24. The monoisotopic (exact) mass is 468 g/mol. The Morgan fingerprint density at radius 2 is 1.79 bits per heavy atom. The molecular weight excluding hydrogens is 438 g/mol. The minimum atomic E-state index is -0.0525. The fourth-order valence-electron chi connectivity index (χ4n) is 4.14. The molecule has 1 aliphatic heterocycles. The minimum absolute atomic E-state index is 0.0525. The van der Waals surface area contributed by atoms with E-state index in [4.69, 9.17) is 19.2 Å². The largest absolute Gasteiger partial charge is 0.493 e. The summed E-state index contributed by atoms with van der Waals surface area (Å²) in [5.41, 5.74) is 3.39. The van der Waals surface area contributed by atoms with Gasteiger partial charge in [-0.25, -0.2) is 4.98 Å². The fraction of sp³-hybridized carbons (Fsp3) is 0.360. The zero-order valence-electron chi connectivity index (χ0n) is 19.3. The molecule has 0 radical (unpaired) electrons. The molecule has 4 rings (SSSR count). The molecule has 1 aliphatic rings. The van der Waals surface area contributed by atoms with E-state index in [1.54, 1.807) is 32.7 Å². The van der Waals surface area contributed by atoms with Gasteiger partial charge < -0.3 is 24.4 Å². The Kier molecular flexibility index (Phi) is 7.47. The van der Waals surface area contributed by atoms with Crippen molar-refractivity contribution in [2.75, 3.05) is 33.2 Å². The third-order valence-corrected chi connectivity index (χ3v) is 6.88. The molecule has 8 heteroatoms. The van der Waals surface area contributed by atoms with Gasteiger partial charge in [-0.3, -0.25) is 4.79 Å². The topological polar surface area (TPSA) is 74.1 Å². The molecule has 1 amide bonds. The quantitative estimate of drug-likeness (QED) is 0.505. The lowest BCUT2D eigenvalue weighted by atomic mass is 10.1. The number of fused-ring (bicyclic) bond motifs is 1. The van der Waals surface area contributed by atoms with Crippen molar-refractivity contribution >= 4 is 22.4 Å². The molecule has 2 heterocycles. The summed E-state index contributed by atoms with van der Waals surface area (Å²) < 4.78 is 16.2. The lowest BCUT2D eigenvalue weighted by Crippen LogP contribution is -3.10. The summed E-state index contributed by atoms with van der Waals surface area (Å²) in [6.07, 6.45) is 1.90. The Hall–Kier alpha value is -3.10. The maximum absolute atomic E-state index is 12.6. The summed E-state index contributed by atoms with van der Waals surface area (Å²) in [7, 11) is 4.74. The number of anilines is 1. The van der Waals surface area contributed by atoms with Gasteiger partial charge in [0.05, 0.1) is 27.9 Å². The number of methoxy groups -OCH3 is 3. The van der Waals surface area contributed by atoms with Gasteiger partial charge in [0.25, 0.3) is 0 Å². The van der Waals surface area contributed by atoms with Crippen LogP contribution in [0.4, 0.5) is 5.13 Å². The molecule has 0 spiro atoms. The number of rotatable bonds is 9. The number of ether oxygens (including phenoxy) is 3. The fourth-order valence-corrected chi connectivity index (χ4v) is 5.13. The van der Waals surface area contributed by atoms with Gasteiger partial charge in [0.15, 0.2) is 16.6 Å². The second-order valence-corrected chi connectivity index (χ2v) is 9.14. The first-order valence-corrected chi connectivity index (χ1v) is 11.9. The number of carbonyl (C=O) groups excluding carboxylic acids is 1. The number of amides is 1. The maximum atomic E-state index is 12.6. The number of thiazole rings is 1. The van der Waals surface area contributed by atoms with Crippen LogP contribution >= 0.6 is 11.3 Å². The van der Waals surface area contributed by atoms with Crippen molar-refractivity contribution < 1.29 is 23.9 Å². The van der Waals surface area contributed by atoms with Gasteiger partial charge in [0.2, 0.25) is 11.7 Å². The number of quaternary nitrogens is 1. The highest BCUT2D eigenvalue weighted by molar-refractivity contribution is 7.15. The van der Waals surface area contributed by atoms with Crippen molar-refractivity contribution in [3.63, 3.8) is 0 Å². The van der Waals surface area contributed by atoms with Crippen LogP contribution in [-0.4, -0.2) is 38.8 Å². The van der Waals surface area contributed by atoms with Gasteiger partial charge in [-0.2, -0.15) is 0 Å². The highest BCUT2D eigenvalue weighted by Crippen LogP contribution is 2.38. The van der Waals surface area contributed by atoms with E-state index in [9.17, 15) is 4.79 Å². The molecule has 3 aromatic rings. The van der Waals surface area contributed by atoms with Gasteiger partial charge >= 0.3 is 0 Å². The molecule has 2 N–H and O–H groups in total. The van der Waals surface area contributed by atoms with E-state index in [-0.39, 0.29) is 5.91 Å². The predicted octanol–water partition coefficient (Wildman–Crippen LogP) is 2.88. The summed E-state index contributed by atoms with van der Waals surface area (Å²) in [6.45, 7) is 2.97. The number of nitrogens with one attached hydrogen (secondary N) is 2. The number of carbonyl (C=O) groups is 1. The highest BCUT2D eigenvalue weighted by Gasteiger charge is 2.24. The van der Waals surface area contributed by atoms with Crippen LogP contribution < -0.4 is 24.4 Å². The molecule has 33 heavy (non-hydrogen) atoms. The van der Waals surface area contributed by atoms with Crippen LogP contribution in [-0.2, 0) is 30.7 Å². The van der Waals surface area contributed by atoms with Gasteiger partial charge in [-0.1, -0.05) is 30.3 Å². The molecule has 2 aromatic carbocycles. The average molecular weight is 469 g/mol. The maximum Gasteiger partial charge on any atom is 0.226 e. The van der Waals surface area contributed by atoms with Crippen molar-refractivity contribution in [1.29, 1.82) is 0 Å². The van der Waals surface area contributed by atoms with E-state index >= 15 is 0 Å². The molecule has 0 saturated heterocycles. The Balaban J connectivity index is 1.34. The molecule has 1 unspecified atom stereocenters. The van der Waals surface area contributed by atoms with Gasteiger partial charge in [0.1, 0.15) is 18.8 Å². The van der Waals surface area contributed by atoms with E-state index in [0.29, 0.717) is 35.2 Å². The second kappa shape index (κ2) is 10.7. The first-order chi connectivity index (χ1) is 16.1. The van der Waals surface area contributed by atoms with Crippen molar-refractivity contribution in [3.8, 4) is 17.2 Å². The Bertz CT molecular complexity index is 1080. The third-order valence-electron chi connectivity index (χ3n) is 5.81. The highest BCUT2D eigenvalue weighted by atomic mass is 32.1. The van der Waals surface area contributed by atoms with E-state index < -0.39 is 0 Å². The van der Waals surface area contributed by atoms with Gasteiger partial charge in [-0.05, 0) is 24.1 Å². The third kappa shape index (κ3) is 5.64. The van der Waals surface area contributed by atoms with Gasteiger partial charge in [0, 0.05) is 23.3 Å². The Morgan fingerprint density at radius 1 is 1.06 bits per heavy atom. The summed E-state index contributed by atoms with van der Waals surface area (Å²) in [4.78, 5) is 20.1. The Labute approximate surface area is 198 Å². The molecule has 174 valence electrons. The molecule has 0 saturated carbocycles. The van der Waals surface area contributed by atoms with E-state index in [0.717, 1.165) is 37.3 Å². The molecule has 0 aliphatic carbocycles. The van der Waals surface area contributed by atoms with Crippen LogP contribution in [0.15, 0.2) is 42.5 Å². The SMILES string of the molecule is COc1cc(CCC(=O)Nc2nc3c(s2)CC[NH+](Cc2ccccc2)C3)cc(OC)c1OC. The normalized spacial score (nSPS) is 14.9. The summed E-state index contributed by atoms with van der Waals surface area (Å²) >= 11 is 1.60. The second-order valence-electron chi connectivity index (χ2n) is 8.06. The standard InChI is InChI=1S/C25H29N3O4S/c1-30-20-13-18(14-21(31-2)24(20)32-3)9-10-23(29)27-25-26-19-16-28(12-11-22(19)33-25)15-17-7-5-4-6-8-17/h4-8,13-14H,9-12,15-16H2,1-3H3,(H,26,27,29)/p+1. The number of nitrogens with zero attached hydrogens (tertiary/aromatic N) is 1. The zero-order valence-corrected chi connectivity index (χ0v) is 20.1. The lowest BCUT2D eigenvalue weighted by molar-refractivity contribution is -0.929. The molecule has 0 fully saturated rings. The summed E-state index contributed by atoms with van der Waals surface area (Å²) in [5, 5.41) is 3.68. The molecule has 1 atom stereocenters. The van der Waals surface area contributed by atoms with Gasteiger partial charge in [-0.15, -0.1) is 11.3 Å². The first-order valence-electron chi connectivity index (χ1n) is 11.0. The molecular formula is C25H30N3O4S+. The van der Waals surface area contributed by atoms with Crippen molar-refractivity contribution in [1.82, 2.24) is 4.98 Å². The molecule has 0 bridgehead atoms. The Morgan fingerprint density at radius 3 is 2.45 bits per heavy atom. The van der Waals surface area contributed by atoms with Crippen LogP contribution in [0.1, 0.15) is 28.1 Å².